The number of amides is 5. The van der Waals surface area contributed by atoms with Crippen LogP contribution in [0.15, 0.2) is 42.5 Å². The Balaban J connectivity index is 1.05. The Morgan fingerprint density at radius 1 is 0.980 bits per heavy atom. The van der Waals surface area contributed by atoms with Gasteiger partial charge < -0.3 is 40.5 Å². The summed E-state index contributed by atoms with van der Waals surface area (Å²) in [6.45, 7) is 5.39. The molecule has 4 aliphatic heterocycles. The lowest BCUT2D eigenvalue weighted by Gasteiger charge is -2.43. The Morgan fingerprint density at radius 3 is 2.43 bits per heavy atom. The van der Waals surface area contributed by atoms with Crippen LogP contribution in [0.25, 0.3) is 0 Å². The van der Waals surface area contributed by atoms with Gasteiger partial charge in [0.25, 0.3) is 0 Å². The fourth-order valence-electron chi connectivity index (χ4n) is 7.84. The molecule has 13 heteroatoms. The molecule has 0 bridgehead atoms. The molecule has 4 heterocycles. The Labute approximate surface area is 294 Å². The maximum Gasteiger partial charge on any atom is 0.322 e. The molecule has 4 N–H and O–H groups in total. The summed E-state index contributed by atoms with van der Waals surface area (Å²) in [7, 11) is 1.51. The third-order valence-corrected chi connectivity index (χ3v) is 10.9. The average Bonchev–Trinajstić information content (AvgIpc) is 3.13. The van der Waals surface area contributed by atoms with Gasteiger partial charge in [0.2, 0.25) is 5.91 Å². The molecule has 0 saturated carbocycles. The van der Waals surface area contributed by atoms with E-state index in [4.69, 9.17) is 16.3 Å². The van der Waals surface area contributed by atoms with Crippen molar-refractivity contribution in [1.82, 2.24) is 24.9 Å². The number of benzene rings is 2. The van der Waals surface area contributed by atoms with E-state index in [-0.39, 0.29) is 30.8 Å². The highest BCUT2D eigenvalue weighted by molar-refractivity contribution is 6.31. The van der Waals surface area contributed by atoms with Crippen LogP contribution in [0.1, 0.15) is 63.4 Å². The molecule has 0 spiro atoms. The van der Waals surface area contributed by atoms with Crippen LogP contribution >= 0.6 is 11.6 Å². The van der Waals surface area contributed by atoms with Crippen LogP contribution in [0.2, 0.25) is 5.02 Å². The van der Waals surface area contributed by atoms with Crippen LogP contribution in [-0.2, 0) is 11.3 Å². The number of carbonyl (C=O) groups is 3. The lowest BCUT2D eigenvalue weighted by atomic mass is 9.98. The van der Waals surface area contributed by atoms with Crippen LogP contribution in [0.3, 0.4) is 0 Å². The van der Waals surface area contributed by atoms with Crippen molar-refractivity contribution in [1.29, 1.82) is 0 Å². The molecule has 2 atom stereocenters. The molecule has 266 valence electrons. The molecule has 49 heavy (non-hydrogen) atoms. The Kier molecular flexibility index (Phi) is 11.8. The second kappa shape index (κ2) is 16.4. The summed E-state index contributed by atoms with van der Waals surface area (Å²) in [5.41, 5.74) is 2.35. The molecule has 12 nitrogen and oxygen atoms in total. The minimum Gasteiger partial charge on any atom is -0.495 e. The van der Waals surface area contributed by atoms with Gasteiger partial charge in [0, 0.05) is 61.9 Å². The zero-order chi connectivity index (χ0) is 34.3. The number of hydrogen-bond acceptors (Lipinski definition) is 7. The van der Waals surface area contributed by atoms with Crippen molar-refractivity contribution in [2.45, 2.75) is 88.7 Å². The van der Waals surface area contributed by atoms with Crippen molar-refractivity contribution in [3.63, 3.8) is 0 Å². The third kappa shape index (κ3) is 8.78. The summed E-state index contributed by atoms with van der Waals surface area (Å²) in [4.78, 5) is 48.0. The first kappa shape index (κ1) is 35.3. The van der Waals surface area contributed by atoms with Crippen LogP contribution in [0.4, 0.5) is 21.0 Å². The molecular weight excluding hydrogens is 646 g/mol. The van der Waals surface area contributed by atoms with Gasteiger partial charge >= 0.3 is 12.1 Å². The molecule has 4 aliphatic rings. The Bertz CT molecular complexity index is 1460. The number of para-hydroxylation sites is 1. The maximum absolute atomic E-state index is 13.5. The van der Waals surface area contributed by atoms with E-state index in [0.29, 0.717) is 55.0 Å². The van der Waals surface area contributed by atoms with Crippen LogP contribution in [-0.4, -0.2) is 113 Å². The predicted molar refractivity (Wildman–Crippen MR) is 190 cm³/mol. The number of nitrogens with one attached hydrogen (secondary N) is 3. The zero-order valence-corrected chi connectivity index (χ0v) is 29.2. The van der Waals surface area contributed by atoms with E-state index in [1.54, 1.807) is 18.2 Å². The molecular formula is C36H50ClN7O5. The van der Waals surface area contributed by atoms with Crippen molar-refractivity contribution in [3.8, 4) is 5.75 Å². The van der Waals surface area contributed by atoms with Gasteiger partial charge in [0.1, 0.15) is 12.0 Å². The number of hydrogen-bond donors (Lipinski definition) is 4. The molecule has 2 aromatic carbocycles. The largest absolute Gasteiger partial charge is 0.495 e. The number of anilines is 2. The number of methoxy groups -OCH3 is 1. The van der Waals surface area contributed by atoms with Crippen molar-refractivity contribution >= 4 is 40.9 Å². The molecule has 3 saturated heterocycles. The normalized spacial score (nSPS) is 21.0. The van der Waals surface area contributed by atoms with Gasteiger partial charge in [-0.05, 0) is 87.9 Å². The number of fused-ring (bicyclic) bond motifs is 1. The number of aliphatic hydroxyl groups is 1. The lowest BCUT2D eigenvalue weighted by Crippen LogP contribution is -2.56. The minimum absolute atomic E-state index is 0.0217. The number of rotatable bonds is 10. The van der Waals surface area contributed by atoms with Gasteiger partial charge in [0.05, 0.1) is 18.8 Å². The van der Waals surface area contributed by atoms with E-state index in [1.807, 2.05) is 39.0 Å². The SMILES string of the molecule is COc1ccc(Cl)cc1NC(=O)N[C@@H](CCC(=O)N1CCC(N2Cc3ccccc3NC2=O)CC1)C(O)N1CCC(N2CCCCC2)CC1. The van der Waals surface area contributed by atoms with E-state index in [1.165, 1.54) is 26.4 Å². The number of nitrogens with zero attached hydrogens (tertiary/aromatic N) is 4. The van der Waals surface area contributed by atoms with E-state index in [0.717, 1.165) is 50.3 Å². The summed E-state index contributed by atoms with van der Waals surface area (Å²) >= 11 is 6.18. The molecule has 2 aromatic rings. The monoisotopic (exact) mass is 695 g/mol. The highest BCUT2D eigenvalue weighted by Crippen LogP contribution is 2.30. The first-order chi connectivity index (χ1) is 23.8. The molecule has 5 amide bonds. The third-order valence-electron chi connectivity index (χ3n) is 10.7. The fraction of sp³-hybridized carbons (Fsp3) is 0.583. The fourth-order valence-corrected chi connectivity index (χ4v) is 8.01. The van der Waals surface area contributed by atoms with Gasteiger partial charge in [-0.25, -0.2) is 9.59 Å². The second-order valence-corrected chi connectivity index (χ2v) is 14.1. The van der Waals surface area contributed by atoms with Gasteiger partial charge in [-0.2, -0.15) is 0 Å². The zero-order valence-electron chi connectivity index (χ0n) is 28.4. The lowest BCUT2D eigenvalue weighted by molar-refractivity contribution is -0.133. The number of aliphatic hydroxyl groups excluding tert-OH is 1. The highest BCUT2D eigenvalue weighted by Gasteiger charge is 2.35. The summed E-state index contributed by atoms with van der Waals surface area (Å²) in [6.07, 6.45) is 6.60. The number of likely N-dealkylation sites (tertiary alicyclic amines) is 3. The molecule has 3 fully saturated rings. The molecule has 0 aromatic heterocycles. The Morgan fingerprint density at radius 2 is 1.69 bits per heavy atom. The first-order valence-corrected chi connectivity index (χ1v) is 18.2. The standard InChI is InChI=1S/C36H50ClN7O5/c1-49-32-11-9-26(37)23-31(32)39-35(47)38-30(34(46)43-21-13-27(14-22-43)41-17-5-2-6-18-41)10-12-33(45)42-19-15-28(16-20-42)44-24-25-7-3-4-8-29(25)40-36(44)48/h3-4,7-9,11,23,27-28,30,34,46H,2,5-6,10,12-22,24H2,1H3,(H,40,48)(H2,38,39,47)/t30-,34?/m0/s1. The molecule has 1 unspecified atom stereocenters. The van der Waals surface area contributed by atoms with Gasteiger partial charge in [-0.15, -0.1) is 0 Å². The van der Waals surface area contributed by atoms with Crippen molar-refractivity contribution < 1.29 is 24.2 Å². The predicted octanol–water partition coefficient (Wildman–Crippen LogP) is 4.93. The van der Waals surface area contributed by atoms with Crippen molar-refractivity contribution in [2.24, 2.45) is 0 Å². The van der Waals surface area contributed by atoms with Crippen molar-refractivity contribution in [2.75, 3.05) is 57.0 Å². The molecule has 0 radical (unpaired) electrons. The highest BCUT2D eigenvalue weighted by atomic mass is 35.5. The summed E-state index contributed by atoms with van der Waals surface area (Å²) in [6, 6.07) is 12.1. The van der Waals surface area contributed by atoms with Crippen LogP contribution < -0.4 is 20.7 Å². The number of piperidine rings is 3. The number of carbonyl (C=O) groups excluding carboxylic acids is 3. The molecule has 0 aliphatic carbocycles. The van der Waals surface area contributed by atoms with Gasteiger partial charge in [0.15, 0.2) is 0 Å². The Hall–Kier alpha value is -3.58. The van der Waals surface area contributed by atoms with Crippen LogP contribution in [0.5, 0.6) is 5.75 Å². The topological polar surface area (TPSA) is 130 Å². The number of halogens is 1. The minimum atomic E-state index is -0.951. The smallest absolute Gasteiger partial charge is 0.322 e. The first-order valence-electron chi connectivity index (χ1n) is 17.8. The van der Waals surface area contributed by atoms with E-state index >= 15 is 0 Å². The van der Waals surface area contributed by atoms with E-state index < -0.39 is 18.3 Å². The summed E-state index contributed by atoms with van der Waals surface area (Å²) < 4.78 is 5.38. The maximum atomic E-state index is 13.5. The van der Waals surface area contributed by atoms with E-state index in [9.17, 15) is 19.5 Å². The van der Waals surface area contributed by atoms with E-state index in [2.05, 4.69) is 20.9 Å². The van der Waals surface area contributed by atoms with Gasteiger partial charge in [-0.1, -0.05) is 36.2 Å². The van der Waals surface area contributed by atoms with Crippen molar-refractivity contribution in [3.05, 3.63) is 53.1 Å². The quantitative estimate of drug-likeness (QED) is 0.278. The second-order valence-electron chi connectivity index (χ2n) is 13.7. The summed E-state index contributed by atoms with van der Waals surface area (Å²) in [5, 5.41) is 20.9. The number of ether oxygens (including phenoxy) is 1. The van der Waals surface area contributed by atoms with Crippen LogP contribution in [0, 0.1) is 0 Å². The van der Waals surface area contributed by atoms with Gasteiger partial charge in [-0.3, -0.25) is 9.69 Å². The number of urea groups is 2. The average molecular weight is 696 g/mol. The summed E-state index contributed by atoms with van der Waals surface area (Å²) in [5.74, 6) is 0.438. The molecule has 6 rings (SSSR count).